The van der Waals surface area contributed by atoms with Gasteiger partial charge in [-0.15, -0.1) is 0 Å². The summed E-state index contributed by atoms with van der Waals surface area (Å²) in [5, 5.41) is 0.550. The van der Waals surface area contributed by atoms with Crippen LogP contribution in [0.4, 0.5) is 11.4 Å². The van der Waals surface area contributed by atoms with E-state index in [1.807, 2.05) is 6.92 Å². The van der Waals surface area contributed by atoms with Crippen molar-refractivity contribution in [3.8, 4) is 5.75 Å². The predicted molar refractivity (Wildman–Crippen MR) is 126 cm³/mol. The third-order valence-electron chi connectivity index (χ3n) is 6.10. The van der Waals surface area contributed by atoms with Crippen LogP contribution in [0.5, 0.6) is 5.75 Å². The molecule has 0 bridgehead atoms. The van der Waals surface area contributed by atoms with E-state index in [0.29, 0.717) is 27.5 Å². The first-order valence-electron chi connectivity index (χ1n) is 10.7. The topological polar surface area (TPSA) is 84.0 Å². The van der Waals surface area contributed by atoms with Gasteiger partial charge in [0.15, 0.2) is 0 Å². The summed E-state index contributed by atoms with van der Waals surface area (Å²) in [6, 6.07) is 18.1. The number of hydrogen-bond donors (Lipinski definition) is 0. The third kappa shape index (κ3) is 3.64. The minimum absolute atomic E-state index is 0.0396. The second-order valence-electron chi connectivity index (χ2n) is 8.20. The summed E-state index contributed by atoms with van der Waals surface area (Å²) in [7, 11) is 0. The fourth-order valence-corrected chi connectivity index (χ4v) is 4.44. The number of benzene rings is 3. The molecule has 0 saturated carbocycles. The minimum Gasteiger partial charge on any atom is -0.426 e. The Balaban J connectivity index is 1.27. The largest absolute Gasteiger partial charge is 0.426 e. The number of rotatable bonds is 4. The molecule has 0 radical (unpaired) electrons. The highest BCUT2D eigenvalue weighted by atomic mass is 35.5. The van der Waals surface area contributed by atoms with E-state index in [0.717, 1.165) is 10.5 Å². The van der Waals surface area contributed by atoms with Crippen molar-refractivity contribution in [3.63, 3.8) is 0 Å². The van der Waals surface area contributed by atoms with Gasteiger partial charge in [-0.3, -0.25) is 19.2 Å². The number of imide groups is 1. The molecule has 3 aromatic rings. The number of ether oxygens (including phenoxy) is 1. The lowest BCUT2D eigenvalue weighted by molar-refractivity contribution is -0.139. The number of anilines is 2. The fraction of sp³-hybridized carbons (Fsp3) is 0.154. The Labute approximate surface area is 200 Å². The predicted octanol–water partition coefficient (Wildman–Crippen LogP) is 4.41. The van der Waals surface area contributed by atoms with Crippen molar-refractivity contribution in [2.45, 2.75) is 13.3 Å². The Bertz CT molecular complexity index is 1320. The van der Waals surface area contributed by atoms with Crippen LogP contribution in [-0.4, -0.2) is 30.2 Å². The fourth-order valence-electron chi connectivity index (χ4n) is 4.27. The van der Waals surface area contributed by atoms with Gasteiger partial charge in [0, 0.05) is 23.7 Å². The lowest BCUT2D eigenvalue weighted by Gasteiger charge is -2.19. The molecule has 0 spiro atoms. The average Bonchev–Trinajstić information content (AvgIpc) is 3.34. The molecule has 1 fully saturated rings. The van der Waals surface area contributed by atoms with Crippen LogP contribution in [0.1, 0.15) is 32.7 Å². The molecule has 7 nitrogen and oxygen atoms in total. The lowest BCUT2D eigenvalue weighted by Crippen LogP contribution is -2.29. The molecule has 3 aromatic carbocycles. The Hall–Kier alpha value is -3.97. The first kappa shape index (κ1) is 21.9. The minimum atomic E-state index is -0.623. The number of hydrogen-bond acceptors (Lipinski definition) is 5. The maximum absolute atomic E-state index is 12.7. The molecule has 3 amide bonds. The van der Waals surface area contributed by atoms with Crippen LogP contribution < -0.4 is 14.5 Å². The normalized spacial score (nSPS) is 17.4. The zero-order chi connectivity index (χ0) is 24.0. The molecule has 0 aliphatic carbocycles. The van der Waals surface area contributed by atoms with Gasteiger partial charge < -0.3 is 9.64 Å². The number of esters is 1. The Morgan fingerprint density at radius 3 is 2.21 bits per heavy atom. The highest BCUT2D eigenvalue weighted by molar-refractivity contribution is 6.34. The molecular formula is C26H19ClN2O5. The van der Waals surface area contributed by atoms with Crippen molar-refractivity contribution >= 4 is 46.7 Å². The summed E-state index contributed by atoms with van der Waals surface area (Å²) in [5.74, 6) is -1.85. The Morgan fingerprint density at radius 2 is 1.56 bits per heavy atom. The van der Waals surface area contributed by atoms with E-state index in [2.05, 4.69) is 0 Å². The zero-order valence-corrected chi connectivity index (χ0v) is 18.9. The van der Waals surface area contributed by atoms with Gasteiger partial charge in [0.2, 0.25) is 5.91 Å². The number of amides is 3. The first-order chi connectivity index (χ1) is 16.3. The number of nitrogens with zero attached hydrogens (tertiary/aromatic N) is 2. The van der Waals surface area contributed by atoms with E-state index in [1.165, 1.54) is 12.1 Å². The molecular weight excluding hydrogens is 456 g/mol. The van der Waals surface area contributed by atoms with Crippen LogP contribution in [0.2, 0.25) is 5.02 Å². The molecule has 1 atom stereocenters. The van der Waals surface area contributed by atoms with E-state index >= 15 is 0 Å². The van der Waals surface area contributed by atoms with Gasteiger partial charge in [-0.1, -0.05) is 29.8 Å². The van der Waals surface area contributed by atoms with Gasteiger partial charge >= 0.3 is 5.97 Å². The van der Waals surface area contributed by atoms with E-state index in [-0.39, 0.29) is 24.6 Å². The summed E-state index contributed by atoms with van der Waals surface area (Å²) in [6.07, 6.45) is 0.0396. The summed E-state index contributed by atoms with van der Waals surface area (Å²) in [6.45, 7) is 2.03. The van der Waals surface area contributed by atoms with Crippen molar-refractivity contribution in [2.75, 3.05) is 16.3 Å². The van der Waals surface area contributed by atoms with E-state index in [9.17, 15) is 19.2 Å². The van der Waals surface area contributed by atoms with Crippen LogP contribution in [0, 0.1) is 12.8 Å². The van der Waals surface area contributed by atoms with E-state index in [1.54, 1.807) is 59.5 Å². The number of carbonyl (C=O) groups is 4. The first-order valence-corrected chi connectivity index (χ1v) is 11.1. The number of halogens is 1. The van der Waals surface area contributed by atoms with Crippen molar-refractivity contribution < 1.29 is 23.9 Å². The maximum atomic E-state index is 12.7. The quantitative estimate of drug-likeness (QED) is 0.318. The number of carbonyl (C=O) groups excluding carboxylic acids is 4. The molecule has 0 aromatic heterocycles. The maximum Gasteiger partial charge on any atom is 0.316 e. The Morgan fingerprint density at radius 1 is 0.912 bits per heavy atom. The van der Waals surface area contributed by atoms with Crippen LogP contribution in [0.15, 0.2) is 66.7 Å². The van der Waals surface area contributed by atoms with Crippen molar-refractivity contribution in [3.05, 3.63) is 88.4 Å². The van der Waals surface area contributed by atoms with Crippen molar-refractivity contribution in [2.24, 2.45) is 5.92 Å². The molecule has 1 saturated heterocycles. The highest BCUT2D eigenvalue weighted by Gasteiger charge is 2.38. The van der Waals surface area contributed by atoms with Crippen LogP contribution in [-0.2, 0) is 9.59 Å². The van der Waals surface area contributed by atoms with Gasteiger partial charge in [-0.25, -0.2) is 4.90 Å². The van der Waals surface area contributed by atoms with E-state index in [4.69, 9.17) is 16.3 Å². The molecule has 8 heteroatoms. The SMILES string of the molecule is Cc1c(Cl)cccc1N1C[C@@H](C(=O)Oc2ccc(N3C(=O)c4ccccc4C3=O)cc2)CC1=O. The molecule has 2 aliphatic rings. The molecule has 2 heterocycles. The summed E-state index contributed by atoms with van der Waals surface area (Å²) < 4.78 is 5.49. The third-order valence-corrected chi connectivity index (χ3v) is 6.51. The molecule has 2 aliphatic heterocycles. The van der Waals surface area contributed by atoms with Crippen LogP contribution in [0.3, 0.4) is 0 Å². The van der Waals surface area contributed by atoms with Crippen LogP contribution in [0.25, 0.3) is 0 Å². The van der Waals surface area contributed by atoms with Gasteiger partial charge in [0.25, 0.3) is 11.8 Å². The van der Waals surface area contributed by atoms with Gasteiger partial charge in [0.05, 0.1) is 22.7 Å². The molecule has 170 valence electrons. The average molecular weight is 475 g/mol. The molecule has 34 heavy (non-hydrogen) atoms. The summed E-state index contributed by atoms with van der Waals surface area (Å²) in [5.41, 5.74) is 2.54. The smallest absolute Gasteiger partial charge is 0.316 e. The van der Waals surface area contributed by atoms with Gasteiger partial charge in [-0.2, -0.15) is 0 Å². The van der Waals surface area contributed by atoms with Crippen LogP contribution >= 0.6 is 11.6 Å². The number of fused-ring (bicyclic) bond motifs is 1. The summed E-state index contributed by atoms with van der Waals surface area (Å²) in [4.78, 5) is 53.2. The second-order valence-corrected chi connectivity index (χ2v) is 8.60. The van der Waals surface area contributed by atoms with Gasteiger partial charge in [-0.05, 0) is 61.0 Å². The van der Waals surface area contributed by atoms with E-state index < -0.39 is 23.7 Å². The molecule has 0 N–H and O–H groups in total. The highest BCUT2D eigenvalue weighted by Crippen LogP contribution is 2.33. The second kappa shape index (κ2) is 8.43. The standard InChI is InChI=1S/C26H19ClN2O5/c1-15-21(27)7-4-8-22(15)28-14-16(13-23(28)30)26(33)34-18-11-9-17(10-12-18)29-24(31)19-5-2-3-6-20(19)25(29)32/h2-12,16H,13-14H2,1H3/t16-/m0/s1. The monoisotopic (exact) mass is 474 g/mol. The van der Waals surface area contributed by atoms with Crippen molar-refractivity contribution in [1.29, 1.82) is 0 Å². The van der Waals surface area contributed by atoms with Crippen molar-refractivity contribution in [1.82, 2.24) is 0 Å². The molecule has 5 rings (SSSR count). The zero-order valence-electron chi connectivity index (χ0n) is 18.2. The lowest BCUT2D eigenvalue weighted by atomic mass is 10.1. The summed E-state index contributed by atoms with van der Waals surface area (Å²) >= 11 is 6.18. The Kier molecular flexibility index (Phi) is 5.42. The van der Waals surface area contributed by atoms with Gasteiger partial charge in [0.1, 0.15) is 5.75 Å². The molecule has 0 unspecified atom stereocenters.